The summed E-state index contributed by atoms with van der Waals surface area (Å²) in [5, 5.41) is 0. The van der Waals surface area contributed by atoms with Crippen molar-refractivity contribution >= 4 is 16.8 Å². The quantitative estimate of drug-likeness (QED) is 0.254. The van der Waals surface area contributed by atoms with E-state index in [1.54, 1.807) is 12.4 Å². The maximum Gasteiger partial charge on any atom is 0.247 e. The Labute approximate surface area is 240 Å². The van der Waals surface area contributed by atoms with Crippen molar-refractivity contribution in [2.24, 2.45) is 0 Å². The van der Waals surface area contributed by atoms with E-state index in [0.29, 0.717) is 29.4 Å². The minimum Gasteiger partial charge on any atom is -0.437 e. The van der Waals surface area contributed by atoms with Gasteiger partial charge < -0.3 is 14.6 Å². The molecule has 1 fully saturated rings. The van der Waals surface area contributed by atoms with E-state index in [1.807, 2.05) is 61.7 Å². The van der Waals surface area contributed by atoms with Crippen molar-refractivity contribution in [2.45, 2.75) is 26.8 Å². The van der Waals surface area contributed by atoms with Gasteiger partial charge in [-0.2, -0.15) is 4.98 Å². The molecule has 4 heterocycles. The molecule has 0 amide bonds. The van der Waals surface area contributed by atoms with Gasteiger partial charge in [-0.3, -0.25) is 14.7 Å². The molecule has 0 radical (unpaired) electrons. The number of Topliss-reactive ketones (excluding diaryl/α,β-unsaturated/α-hetero) is 1. The largest absolute Gasteiger partial charge is 0.437 e. The predicted octanol–water partition coefficient (Wildman–Crippen LogP) is 5.60. The summed E-state index contributed by atoms with van der Waals surface area (Å²) in [5.41, 5.74) is 7.41. The van der Waals surface area contributed by atoms with Gasteiger partial charge in [-0.1, -0.05) is 18.2 Å². The van der Waals surface area contributed by atoms with Crippen molar-refractivity contribution in [1.82, 2.24) is 29.7 Å². The van der Waals surface area contributed by atoms with Crippen LogP contribution in [0.15, 0.2) is 73.2 Å². The Balaban J connectivity index is 1.19. The Hall–Kier alpha value is -4.40. The smallest absolute Gasteiger partial charge is 0.247 e. The fourth-order valence-corrected chi connectivity index (χ4v) is 5.20. The van der Waals surface area contributed by atoms with Gasteiger partial charge in [-0.15, -0.1) is 0 Å². The molecule has 3 aromatic heterocycles. The van der Waals surface area contributed by atoms with E-state index in [4.69, 9.17) is 4.74 Å². The normalized spacial score (nSPS) is 14.4. The zero-order chi connectivity index (χ0) is 28.3. The molecule has 1 aliphatic rings. The van der Waals surface area contributed by atoms with Crippen LogP contribution in [-0.4, -0.2) is 68.7 Å². The lowest BCUT2D eigenvalue weighted by atomic mass is 9.96. The topological polar surface area (TPSA) is 87.2 Å². The molecule has 0 saturated carbocycles. The maximum atomic E-state index is 13.4. The van der Waals surface area contributed by atoms with Crippen molar-refractivity contribution in [3.63, 3.8) is 0 Å². The second kappa shape index (κ2) is 11.6. The third kappa shape index (κ3) is 6.04. The molecule has 6 rings (SSSR count). The van der Waals surface area contributed by atoms with E-state index in [0.717, 1.165) is 66.1 Å². The summed E-state index contributed by atoms with van der Waals surface area (Å²) in [5.74, 6) is 1.66. The van der Waals surface area contributed by atoms with E-state index in [-0.39, 0.29) is 5.78 Å². The molecule has 1 saturated heterocycles. The van der Waals surface area contributed by atoms with E-state index >= 15 is 0 Å². The standard InChI is InChI=1S/C33H34N6O2/c1-22-6-9-28(41-33-31-29(10-12-35-31)36-32(37-33)25-5-4-11-34-20-25)18-27(22)19-30(40)24-7-8-26(23(2)17-24)21-39-15-13-38(3)14-16-39/h4-12,17-18,20,35H,13-16,19,21H2,1-3H3. The van der Waals surface area contributed by atoms with Crippen LogP contribution in [0.3, 0.4) is 0 Å². The zero-order valence-electron chi connectivity index (χ0n) is 23.7. The number of likely N-dealkylation sites (N-methyl/N-ethyl adjacent to an activating group) is 1. The number of aromatic nitrogens is 4. The summed E-state index contributed by atoms with van der Waals surface area (Å²) in [6.07, 6.45) is 5.56. The number of aryl methyl sites for hydroxylation is 2. The molecule has 208 valence electrons. The molecule has 0 aliphatic carbocycles. The van der Waals surface area contributed by atoms with Crippen LogP contribution in [0.4, 0.5) is 0 Å². The Morgan fingerprint density at radius 1 is 0.951 bits per heavy atom. The number of carbonyl (C=O) groups is 1. The zero-order valence-corrected chi connectivity index (χ0v) is 23.7. The molecule has 41 heavy (non-hydrogen) atoms. The number of carbonyl (C=O) groups excluding carboxylic acids is 1. The first-order valence-electron chi connectivity index (χ1n) is 14.0. The summed E-state index contributed by atoms with van der Waals surface area (Å²) in [6.45, 7) is 9.38. The number of benzene rings is 2. The van der Waals surface area contributed by atoms with Gasteiger partial charge in [0.1, 0.15) is 11.3 Å². The number of nitrogens with zero attached hydrogens (tertiary/aromatic N) is 5. The van der Waals surface area contributed by atoms with Crippen LogP contribution >= 0.6 is 0 Å². The number of pyridine rings is 1. The molecule has 0 atom stereocenters. The summed E-state index contributed by atoms with van der Waals surface area (Å²) >= 11 is 0. The van der Waals surface area contributed by atoms with E-state index < -0.39 is 0 Å². The monoisotopic (exact) mass is 546 g/mol. The molecule has 0 unspecified atom stereocenters. The third-order valence-electron chi connectivity index (χ3n) is 7.83. The van der Waals surface area contributed by atoms with Crippen LogP contribution in [0.25, 0.3) is 22.4 Å². The van der Waals surface area contributed by atoms with E-state index in [9.17, 15) is 4.79 Å². The molecule has 0 spiro atoms. The molecular formula is C33H34N6O2. The molecular weight excluding hydrogens is 512 g/mol. The highest BCUT2D eigenvalue weighted by atomic mass is 16.5. The highest BCUT2D eigenvalue weighted by Gasteiger charge is 2.17. The number of rotatable bonds is 8. The van der Waals surface area contributed by atoms with Crippen LogP contribution < -0.4 is 4.74 Å². The minimum absolute atomic E-state index is 0.0900. The number of aromatic amines is 1. The number of ether oxygens (including phenoxy) is 1. The first-order chi connectivity index (χ1) is 19.9. The van der Waals surface area contributed by atoms with Gasteiger partial charge in [0.2, 0.25) is 5.88 Å². The number of hydrogen-bond acceptors (Lipinski definition) is 7. The average molecular weight is 547 g/mol. The second-order valence-corrected chi connectivity index (χ2v) is 10.8. The Bertz CT molecular complexity index is 1690. The van der Waals surface area contributed by atoms with Gasteiger partial charge in [0.05, 0.1) is 5.52 Å². The van der Waals surface area contributed by atoms with Gasteiger partial charge in [-0.05, 0) is 79.5 Å². The second-order valence-electron chi connectivity index (χ2n) is 10.8. The summed E-state index contributed by atoms with van der Waals surface area (Å²) < 4.78 is 6.29. The van der Waals surface area contributed by atoms with Crippen LogP contribution in [0.2, 0.25) is 0 Å². The first kappa shape index (κ1) is 26.8. The van der Waals surface area contributed by atoms with Gasteiger partial charge in [0.15, 0.2) is 11.6 Å². The summed E-state index contributed by atoms with van der Waals surface area (Å²) in [7, 11) is 2.17. The Morgan fingerprint density at radius 2 is 1.80 bits per heavy atom. The lowest BCUT2D eigenvalue weighted by molar-refractivity contribution is 0.0992. The fraction of sp³-hybridized carbons (Fsp3) is 0.273. The first-order valence-corrected chi connectivity index (χ1v) is 14.0. The van der Waals surface area contributed by atoms with Crippen LogP contribution in [-0.2, 0) is 13.0 Å². The van der Waals surface area contributed by atoms with Gasteiger partial charge in [0.25, 0.3) is 0 Å². The number of H-pyrrole nitrogens is 1. The van der Waals surface area contributed by atoms with E-state index in [2.05, 4.69) is 49.8 Å². The van der Waals surface area contributed by atoms with E-state index in [1.165, 1.54) is 5.56 Å². The minimum atomic E-state index is 0.0900. The summed E-state index contributed by atoms with van der Waals surface area (Å²) in [6, 6.07) is 17.6. The molecule has 8 heteroatoms. The third-order valence-corrected chi connectivity index (χ3v) is 7.83. The lowest BCUT2D eigenvalue weighted by Crippen LogP contribution is -2.43. The van der Waals surface area contributed by atoms with Crippen molar-refractivity contribution in [3.05, 3.63) is 101 Å². The van der Waals surface area contributed by atoms with Crippen LogP contribution in [0, 0.1) is 13.8 Å². The lowest BCUT2D eigenvalue weighted by Gasteiger charge is -2.32. The molecule has 5 aromatic rings. The van der Waals surface area contributed by atoms with Crippen molar-refractivity contribution in [1.29, 1.82) is 0 Å². The van der Waals surface area contributed by atoms with Gasteiger partial charge in [0, 0.05) is 68.9 Å². The van der Waals surface area contributed by atoms with Gasteiger partial charge in [-0.25, -0.2) is 4.98 Å². The van der Waals surface area contributed by atoms with Crippen LogP contribution in [0.1, 0.15) is 32.6 Å². The number of nitrogens with one attached hydrogen (secondary N) is 1. The highest BCUT2D eigenvalue weighted by Crippen LogP contribution is 2.30. The Morgan fingerprint density at radius 3 is 2.59 bits per heavy atom. The highest BCUT2D eigenvalue weighted by molar-refractivity contribution is 5.98. The molecule has 0 bridgehead atoms. The predicted molar refractivity (Wildman–Crippen MR) is 160 cm³/mol. The SMILES string of the molecule is Cc1ccc(Oc2nc(-c3cccnc3)nc3cc[nH]c23)cc1CC(=O)c1ccc(CN2CCN(C)CC2)c(C)c1. The number of fused-ring (bicyclic) bond motifs is 1. The van der Waals surface area contributed by atoms with Crippen molar-refractivity contribution < 1.29 is 9.53 Å². The van der Waals surface area contributed by atoms with Crippen molar-refractivity contribution in [2.75, 3.05) is 33.2 Å². The summed E-state index contributed by atoms with van der Waals surface area (Å²) in [4.78, 5) is 34.9. The molecule has 1 aliphatic heterocycles. The number of ketones is 1. The molecule has 1 N–H and O–H groups in total. The fourth-order valence-electron chi connectivity index (χ4n) is 5.20. The molecule has 8 nitrogen and oxygen atoms in total. The average Bonchev–Trinajstić information content (AvgIpc) is 3.47. The van der Waals surface area contributed by atoms with Gasteiger partial charge >= 0.3 is 0 Å². The number of piperazine rings is 1. The van der Waals surface area contributed by atoms with Crippen molar-refractivity contribution in [3.8, 4) is 23.0 Å². The Kier molecular flexibility index (Phi) is 7.59. The van der Waals surface area contributed by atoms with Crippen LogP contribution in [0.5, 0.6) is 11.6 Å². The molecule has 2 aromatic carbocycles. The maximum absolute atomic E-state index is 13.4. The number of hydrogen-bond donors (Lipinski definition) is 1.